The summed E-state index contributed by atoms with van der Waals surface area (Å²) in [6.07, 6.45) is -3.25. The van der Waals surface area contributed by atoms with E-state index in [9.17, 15) is 5.26 Å². The quantitative estimate of drug-likeness (QED) is 0.100. The molecule has 0 radical (unpaired) electrons. The first-order chi connectivity index (χ1) is 54.1. The van der Waals surface area contributed by atoms with Crippen molar-refractivity contribution in [1.82, 2.24) is 68.9 Å². The van der Waals surface area contributed by atoms with Gasteiger partial charge in [0, 0.05) is 82.7 Å². The first-order valence-corrected chi connectivity index (χ1v) is 35.4. The molecule has 0 aliphatic heterocycles. The second kappa shape index (κ2) is 27.4. The van der Waals surface area contributed by atoms with Gasteiger partial charge in [-0.15, -0.1) is 0 Å². The lowest BCUT2D eigenvalue weighted by molar-refractivity contribution is -0.137. The molecule has 518 valence electrons. The molecule has 0 amide bonds. The molecule has 18 heteroatoms. The molecule has 0 atom stereocenters. The van der Waals surface area contributed by atoms with Gasteiger partial charge in [0.1, 0.15) is 18.0 Å². The molecule has 19 rings (SSSR count). The zero-order chi connectivity index (χ0) is 73.8. The predicted octanol–water partition coefficient (Wildman–Crippen LogP) is 21.5. The molecule has 6 heterocycles. The van der Waals surface area contributed by atoms with Crippen molar-refractivity contribution in [2.45, 2.75) is 6.18 Å². The van der Waals surface area contributed by atoms with Crippen LogP contribution < -0.4 is 0 Å². The Kier molecular flexibility index (Phi) is 16.3. The SMILES string of the molecule is N#Cc1c(-n2c3cc(-c4ncnc(-c5ccccc5)n4)ccc3c3ccc(-c4nc(-c5ccccc5)nc(-c5ccccc5)n4)cc32)cc(-c2cccc(C(F)(F)F)c2)cc1-n1c2cc(-c3nc(-c4ccccc4)nc(-c4ccccc4)n3)ccc2c2ccc(-c3nc(-c4ccccc4)nc(-c4ccccc4)n3)cc21. The molecule has 0 aliphatic carbocycles. The minimum Gasteiger partial charge on any atom is -0.308 e. The summed E-state index contributed by atoms with van der Waals surface area (Å²) in [6, 6.07) is 103. The Bertz CT molecular complexity index is 6460. The first-order valence-electron chi connectivity index (χ1n) is 35.4. The van der Waals surface area contributed by atoms with Gasteiger partial charge in [0.15, 0.2) is 64.1 Å². The third-order valence-electron chi connectivity index (χ3n) is 19.5. The molecule has 0 saturated carbocycles. The van der Waals surface area contributed by atoms with Gasteiger partial charge in [-0.05, 0) is 59.7 Å². The van der Waals surface area contributed by atoms with E-state index in [1.54, 1.807) is 18.2 Å². The highest BCUT2D eigenvalue weighted by atomic mass is 19.4. The summed E-state index contributed by atoms with van der Waals surface area (Å²) in [5.41, 5.74) is 10.7. The molecule has 0 aliphatic rings. The molecule has 0 spiro atoms. The largest absolute Gasteiger partial charge is 0.416 e. The van der Waals surface area contributed by atoms with Crippen LogP contribution in [0.15, 0.2) is 328 Å². The molecule has 0 saturated heterocycles. The molecule has 0 bridgehead atoms. The van der Waals surface area contributed by atoms with E-state index in [-0.39, 0.29) is 11.1 Å². The monoisotopic (exact) mass is 1430 g/mol. The number of halogens is 3. The topological polar surface area (TPSA) is 188 Å². The Balaban J connectivity index is 0.924. The van der Waals surface area contributed by atoms with E-state index in [1.165, 1.54) is 12.4 Å². The van der Waals surface area contributed by atoms with Gasteiger partial charge in [0.2, 0.25) is 0 Å². The van der Waals surface area contributed by atoms with Gasteiger partial charge in [0.05, 0.1) is 39.0 Å². The van der Waals surface area contributed by atoms with E-state index in [0.29, 0.717) is 125 Å². The number of hydrogen-bond acceptors (Lipinski definition) is 13. The number of nitriles is 1. The molecule has 0 unspecified atom stereocenters. The Morgan fingerprint density at radius 3 is 0.764 bits per heavy atom. The smallest absolute Gasteiger partial charge is 0.308 e. The van der Waals surface area contributed by atoms with Gasteiger partial charge in [-0.25, -0.2) is 59.8 Å². The van der Waals surface area contributed by atoms with Gasteiger partial charge < -0.3 is 9.13 Å². The van der Waals surface area contributed by atoms with E-state index in [2.05, 4.69) is 11.1 Å². The van der Waals surface area contributed by atoms with Crippen molar-refractivity contribution < 1.29 is 13.2 Å². The van der Waals surface area contributed by atoms with Crippen LogP contribution in [0.5, 0.6) is 0 Å². The molecular weight excluding hydrogens is 1370 g/mol. The van der Waals surface area contributed by atoms with Crippen LogP contribution in [0.25, 0.3) is 191 Å². The fourth-order valence-corrected chi connectivity index (χ4v) is 14.2. The van der Waals surface area contributed by atoms with Crippen molar-refractivity contribution in [3.63, 3.8) is 0 Å². The second-order valence-electron chi connectivity index (χ2n) is 26.3. The zero-order valence-electron chi connectivity index (χ0n) is 58.0. The molecule has 110 heavy (non-hydrogen) atoms. The lowest BCUT2D eigenvalue weighted by Gasteiger charge is -2.19. The molecular formula is C92H54F3N15. The van der Waals surface area contributed by atoms with E-state index >= 15 is 13.2 Å². The van der Waals surface area contributed by atoms with Crippen LogP contribution in [0.4, 0.5) is 13.2 Å². The van der Waals surface area contributed by atoms with Crippen molar-refractivity contribution in [3.8, 4) is 154 Å². The molecule has 13 aromatic carbocycles. The van der Waals surface area contributed by atoms with Crippen molar-refractivity contribution in [3.05, 3.63) is 339 Å². The highest BCUT2D eigenvalue weighted by molar-refractivity contribution is 6.13. The Morgan fingerprint density at radius 1 is 0.236 bits per heavy atom. The van der Waals surface area contributed by atoms with Crippen LogP contribution in [-0.4, -0.2) is 68.9 Å². The third-order valence-corrected chi connectivity index (χ3v) is 19.5. The van der Waals surface area contributed by atoms with E-state index in [0.717, 1.165) is 72.6 Å². The van der Waals surface area contributed by atoms with E-state index < -0.39 is 11.7 Å². The number of benzene rings is 13. The summed E-state index contributed by atoms with van der Waals surface area (Å²) < 4.78 is 50.1. The number of fused-ring (bicyclic) bond motifs is 6. The minimum atomic E-state index is -4.73. The van der Waals surface area contributed by atoms with Crippen LogP contribution in [0.2, 0.25) is 0 Å². The van der Waals surface area contributed by atoms with Crippen molar-refractivity contribution >= 4 is 43.6 Å². The van der Waals surface area contributed by atoms with Gasteiger partial charge in [-0.1, -0.05) is 273 Å². The summed E-state index contributed by atoms with van der Waals surface area (Å²) in [5, 5.41) is 15.7. The molecule has 6 aromatic heterocycles. The van der Waals surface area contributed by atoms with Crippen LogP contribution in [-0.2, 0) is 6.18 Å². The lowest BCUT2D eigenvalue weighted by atomic mass is 9.98. The summed E-state index contributed by atoms with van der Waals surface area (Å²) in [7, 11) is 0. The first kappa shape index (κ1) is 65.5. The molecule has 0 fully saturated rings. The second-order valence-corrected chi connectivity index (χ2v) is 26.3. The molecule has 19 aromatic rings. The fourth-order valence-electron chi connectivity index (χ4n) is 14.2. The van der Waals surface area contributed by atoms with E-state index in [4.69, 9.17) is 54.8 Å². The number of rotatable bonds is 14. The van der Waals surface area contributed by atoms with Crippen LogP contribution >= 0.6 is 0 Å². The van der Waals surface area contributed by atoms with Gasteiger partial charge >= 0.3 is 6.18 Å². The fraction of sp³-hybridized carbons (Fsp3) is 0.0109. The standard InChI is InChI=1S/C92H54F3N15/c93-92(94,95)69-38-22-37-63(47-69)68-52-79(109-75-48-64(82-98-55-97-81(99-82)56-23-8-1-9-24-56)39-43-70(75)71-44-40-65(49-76(71)109)89-103-83(57-25-10-2-11-26-57)100-84(104-89)58-27-12-3-13-28-58)74(54-96)80(53-68)110-77-50-66(90-105-85(59-29-14-4-15-30-59)101-86(106-90)60-31-16-5-17-32-60)41-45-72(77)73-46-42-67(51-78(73)110)91-107-87(61-33-18-6-19-34-61)102-88(108-91)62-35-20-7-21-36-62/h1-53,55H. The maximum atomic E-state index is 15.4. The molecule has 15 nitrogen and oxygen atoms in total. The number of hydrogen-bond donors (Lipinski definition) is 0. The Labute approximate surface area is 626 Å². The maximum Gasteiger partial charge on any atom is 0.416 e. The predicted molar refractivity (Wildman–Crippen MR) is 424 cm³/mol. The zero-order valence-corrected chi connectivity index (χ0v) is 58.0. The van der Waals surface area contributed by atoms with Crippen LogP contribution in [0, 0.1) is 11.3 Å². The number of nitrogens with zero attached hydrogens (tertiary/aromatic N) is 15. The van der Waals surface area contributed by atoms with Crippen molar-refractivity contribution in [1.29, 1.82) is 5.26 Å². The van der Waals surface area contributed by atoms with Gasteiger partial charge in [0.25, 0.3) is 0 Å². The third kappa shape index (κ3) is 12.2. The highest BCUT2D eigenvalue weighted by Gasteiger charge is 2.32. The molecule has 0 N–H and O–H groups in total. The van der Waals surface area contributed by atoms with Crippen LogP contribution in [0.1, 0.15) is 11.1 Å². The number of aromatic nitrogens is 14. The summed E-state index contributed by atoms with van der Waals surface area (Å²) in [5.74, 6) is 4.58. The Morgan fingerprint density at radius 2 is 0.482 bits per heavy atom. The summed E-state index contributed by atoms with van der Waals surface area (Å²) in [4.78, 5) is 60.6. The summed E-state index contributed by atoms with van der Waals surface area (Å²) in [6.45, 7) is 0. The van der Waals surface area contributed by atoms with Crippen molar-refractivity contribution in [2.75, 3.05) is 0 Å². The van der Waals surface area contributed by atoms with Gasteiger partial charge in [-0.2, -0.15) is 18.4 Å². The minimum absolute atomic E-state index is 0.144. The average Bonchev–Trinajstić information content (AvgIpc) is 1.55. The maximum absolute atomic E-state index is 15.4. The highest BCUT2D eigenvalue weighted by Crippen LogP contribution is 2.45. The lowest BCUT2D eigenvalue weighted by Crippen LogP contribution is -2.07. The summed E-state index contributed by atoms with van der Waals surface area (Å²) >= 11 is 0. The number of alkyl halides is 3. The van der Waals surface area contributed by atoms with Gasteiger partial charge in [-0.3, -0.25) is 0 Å². The normalized spacial score (nSPS) is 11.6. The Hall–Kier alpha value is -15.2. The average molecular weight is 1430 g/mol. The van der Waals surface area contributed by atoms with Crippen LogP contribution in [0.3, 0.4) is 0 Å². The van der Waals surface area contributed by atoms with Crippen molar-refractivity contribution in [2.24, 2.45) is 0 Å². The van der Waals surface area contributed by atoms with E-state index in [1.807, 2.05) is 294 Å².